The second-order valence-electron chi connectivity index (χ2n) is 5.33. The first-order valence-corrected chi connectivity index (χ1v) is 6.71. The lowest BCUT2D eigenvalue weighted by Gasteiger charge is -2.10. The van der Waals surface area contributed by atoms with E-state index in [1.54, 1.807) is 12.4 Å². The van der Waals surface area contributed by atoms with E-state index >= 15 is 0 Å². The quantitative estimate of drug-likeness (QED) is 0.817. The van der Waals surface area contributed by atoms with Crippen molar-refractivity contribution >= 4 is 11.4 Å². The lowest BCUT2D eigenvalue weighted by atomic mass is 10.0. The third-order valence-corrected chi connectivity index (χ3v) is 3.29. The first-order valence-electron chi connectivity index (χ1n) is 6.71. The number of anilines is 2. The summed E-state index contributed by atoms with van der Waals surface area (Å²) in [4.78, 5) is 0. The van der Waals surface area contributed by atoms with Crippen LogP contribution in [0.3, 0.4) is 0 Å². The maximum absolute atomic E-state index is 5.94. The SMILES string of the molecule is CC(C)c1n[n+](CC(C)c2cnncc2N)ccc1N. The minimum absolute atomic E-state index is 0.201. The van der Waals surface area contributed by atoms with Gasteiger partial charge in [-0.15, -0.1) is 0 Å². The fourth-order valence-corrected chi connectivity index (χ4v) is 2.16. The number of nitrogens with two attached hydrogens (primary N) is 2. The molecule has 0 aliphatic heterocycles. The van der Waals surface area contributed by atoms with Gasteiger partial charge in [-0.2, -0.15) is 10.2 Å². The van der Waals surface area contributed by atoms with E-state index < -0.39 is 0 Å². The van der Waals surface area contributed by atoms with Crippen LogP contribution in [-0.2, 0) is 6.54 Å². The Morgan fingerprint density at radius 3 is 2.45 bits per heavy atom. The molecule has 0 bridgehead atoms. The van der Waals surface area contributed by atoms with Crippen LogP contribution in [0.5, 0.6) is 0 Å². The molecule has 1 atom stereocenters. The van der Waals surface area contributed by atoms with Crippen molar-refractivity contribution in [2.24, 2.45) is 0 Å². The van der Waals surface area contributed by atoms with Crippen LogP contribution >= 0.6 is 0 Å². The molecule has 1 unspecified atom stereocenters. The van der Waals surface area contributed by atoms with Crippen molar-refractivity contribution in [3.05, 3.63) is 35.9 Å². The van der Waals surface area contributed by atoms with E-state index in [4.69, 9.17) is 11.5 Å². The Morgan fingerprint density at radius 1 is 1.10 bits per heavy atom. The Hall–Kier alpha value is -2.24. The molecule has 0 aromatic carbocycles. The number of aromatic nitrogens is 4. The van der Waals surface area contributed by atoms with Crippen LogP contribution in [-0.4, -0.2) is 15.3 Å². The molecule has 0 fully saturated rings. The Kier molecular flexibility index (Phi) is 4.12. The summed E-state index contributed by atoms with van der Waals surface area (Å²) in [7, 11) is 0. The molecule has 20 heavy (non-hydrogen) atoms. The molecule has 2 rings (SSSR count). The summed E-state index contributed by atoms with van der Waals surface area (Å²) in [6.07, 6.45) is 5.18. The van der Waals surface area contributed by atoms with Crippen molar-refractivity contribution < 1.29 is 4.68 Å². The highest BCUT2D eigenvalue weighted by atomic mass is 15.3. The lowest BCUT2D eigenvalue weighted by molar-refractivity contribution is -0.756. The molecular weight excluding hydrogens is 252 g/mol. The zero-order valence-corrected chi connectivity index (χ0v) is 12.1. The summed E-state index contributed by atoms with van der Waals surface area (Å²) in [5.41, 5.74) is 15.2. The van der Waals surface area contributed by atoms with Crippen LogP contribution in [0.4, 0.5) is 11.4 Å². The fraction of sp³-hybridized carbons (Fsp3) is 0.429. The molecule has 106 valence electrons. The summed E-state index contributed by atoms with van der Waals surface area (Å²) >= 11 is 0. The molecule has 6 nitrogen and oxygen atoms in total. The molecule has 0 saturated heterocycles. The smallest absolute Gasteiger partial charge is 0.198 e. The van der Waals surface area contributed by atoms with Gasteiger partial charge in [-0.25, -0.2) is 0 Å². The molecule has 0 amide bonds. The first kappa shape index (κ1) is 14.2. The number of hydrogen-bond acceptors (Lipinski definition) is 5. The van der Waals surface area contributed by atoms with Crippen molar-refractivity contribution in [1.29, 1.82) is 0 Å². The van der Waals surface area contributed by atoms with Gasteiger partial charge in [-0.05, 0) is 5.10 Å². The van der Waals surface area contributed by atoms with E-state index in [0.29, 0.717) is 11.6 Å². The largest absolute Gasteiger partial charge is 0.397 e. The van der Waals surface area contributed by atoms with E-state index in [2.05, 4.69) is 36.1 Å². The Bertz CT molecular complexity index is 596. The van der Waals surface area contributed by atoms with Crippen LogP contribution in [0.1, 0.15) is 43.9 Å². The third kappa shape index (κ3) is 3.01. The van der Waals surface area contributed by atoms with Gasteiger partial charge in [0.25, 0.3) is 0 Å². The maximum Gasteiger partial charge on any atom is 0.198 e. The molecule has 2 aromatic heterocycles. The van der Waals surface area contributed by atoms with E-state index in [0.717, 1.165) is 23.5 Å². The van der Waals surface area contributed by atoms with Gasteiger partial charge >= 0.3 is 0 Å². The number of nitrogen functional groups attached to an aromatic ring is 2. The minimum atomic E-state index is 0.201. The molecule has 2 heterocycles. The van der Waals surface area contributed by atoms with Crippen LogP contribution in [0, 0.1) is 0 Å². The zero-order chi connectivity index (χ0) is 14.7. The molecule has 0 saturated carbocycles. The van der Waals surface area contributed by atoms with E-state index in [1.165, 1.54) is 0 Å². The summed E-state index contributed by atoms with van der Waals surface area (Å²) in [6, 6.07) is 1.89. The average molecular weight is 273 g/mol. The van der Waals surface area contributed by atoms with Gasteiger partial charge in [-0.1, -0.05) is 25.5 Å². The van der Waals surface area contributed by atoms with Gasteiger partial charge in [0, 0.05) is 23.5 Å². The second-order valence-corrected chi connectivity index (χ2v) is 5.33. The van der Waals surface area contributed by atoms with Gasteiger partial charge < -0.3 is 11.5 Å². The van der Waals surface area contributed by atoms with Crippen molar-refractivity contribution in [2.75, 3.05) is 11.5 Å². The molecule has 6 heteroatoms. The Labute approximate surface area is 118 Å². The Balaban J connectivity index is 2.22. The molecule has 0 aliphatic rings. The van der Waals surface area contributed by atoms with E-state index in [9.17, 15) is 0 Å². The highest BCUT2D eigenvalue weighted by molar-refractivity contribution is 5.44. The van der Waals surface area contributed by atoms with Crippen LogP contribution < -0.4 is 16.1 Å². The van der Waals surface area contributed by atoms with Gasteiger partial charge in [-0.3, -0.25) is 0 Å². The number of nitrogens with zero attached hydrogens (tertiary/aromatic N) is 4. The maximum atomic E-state index is 5.94. The molecule has 0 spiro atoms. The normalized spacial score (nSPS) is 12.6. The molecule has 0 aliphatic carbocycles. The van der Waals surface area contributed by atoms with E-state index in [1.807, 2.05) is 16.9 Å². The minimum Gasteiger partial charge on any atom is -0.397 e. The topological polar surface area (TPSA) is 94.6 Å². The van der Waals surface area contributed by atoms with Crippen LogP contribution in [0.15, 0.2) is 24.7 Å². The van der Waals surface area contributed by atoms with E-state index in [-0.39, 0.29) is 5.92 Å². The summed E-state index contributed by atoms with van der Waals surface area (Å²) in [5, 5.41) is 12.2. The van der Waals surface area contributed by atoms with Crippen molar-refractivity contribution in [2.45, 2.75) is 39.2 Å². The summed E-state index contributed by atoms with van der Waals surface area (Å²) < 4.78 is 1.90. The standard InChI is InChI=1S/C14H20N6/c1-9(2)14-12(15)4-5-20(19-14)8-10(3)11-6-17-18-7-13(11)16/h4-7,9-10,15H,8H2,1-3H3,(H2,16,17)/p+1. The van der Waals surface area contributed by atoms with Crippen molar-refractivity contribution in [1.82, 2.24) is 15.3 Å². The summed E-state index contributed by atoms with van der Waals surface area (Å²) in [5.74, 6) is 0.497. The van der Waals surface area contributed by atoms with Crippen molar-refractivity contribution in [3.63, 3.8) is 0 Å². The highest BCUT2D eigenvalue weighted by Crippen LogP contribution is 2.20. The fourth-order valence-electron chi connectivity index (χ4n) is 2.16. The predicted octanol–water partition coefficient (Wildman–Crippen LogP) is 1.25. The van der Waals surface area contributed by atoms with Crippen molar-refractivity contribution in [3.8, 4) is 0 Å². The van der Waals surface area contributed by atoms with Gasteiger partial charge in [0.05, 0.1) is 23.8 Å². The molecule has 2 aromatic rings. The lowest BCUT2D eigenvalue weighted by Crippen LogP contribution is -2.41. The van der Waals surface area contributed by atoms with Crippen LogP contribution in [0.25, 0.3) is 0 Å². The van der Waals surface area contributed by atoms with Gasteiger partial charge in [0.2, 0.25) is 0 Å². The molecule has 4 N–H and O–H groups in total. The Morgan fingerprint density at radius 2 is 1.80 bits per heavy atom. The number of hydrogen-bond donors (Lipinski definition) is 2. The average Bonchev–Trinajstić information content (AvgIpc) is 2.41. The summed E-state index contributed by atoms with van der Waals surface area (Å²) in [6.45, 7) is 6.97. The third-order valence-electron chi connectivity index (χ3n) is 3.29. The van der Waals surface area contributed by atoms with Gasteiger partial charge in [0.1, 0.15) is 5.69 Å². The van der Waals surface area contributed by atoms with Crippen LogP contribution in [0.2, 0.25) is 0 Å². The zero-order valence-electron chi connectivity index (χ0n) is 12.1. The molecule has 0 radical (unpaired) electrons. The molecular formula is C14H21N6+. The first-order chi connectivity index (χ1) is 9.49. The second kappa shape index (κ2) is 5.81. The predicted molar refractivity (Wildman–Crippen MR) is 77.8 cm³/mol. The number of rotatable bonds is 4. The highest BCUT2D eigenvalue weighted by Gasteiger charge is 2.18. The monoisotopic (exact) mass is 273 g/mol. The van der Waals surface area contributed by atoms with Gasteiger partial charge in [0.15, 0.2) is 12.7 Å².